The number of hydroxylamine groups is 1. The maximum Gasteiger partial charge on any atom is 0.416 e. The molecule has 4 aromatic rings. The molecule has 0 aliphatic heterocycles. The van der Waals surface area contributed by atoms with E-state index in [2.05, 4.69) is 10.2 Å². The van der Waals surface area contributed by atoms with Gasteiger partial charge in [-0.1, -0.05) is 6.07 Å². The van der Waals surface area contributed by atoms with Gasteiger partial charge < -0.3 is 0 Å². The fraction of sp³-hybridized carbons (Fsp3) is 0.0476. The van der Waals surface area contributed by atoms with E-state index in [0.29, 0.717) is 17.0 Å². The minimum Gasteiger partial charge on any atom is -0.290 e. The van der Waals surface area contributed by atoms with Gasteiger partial charge in [0.2, 0.25) is 0 Å². The van der Waals surface area contributed by atoms with Crippen molar-refractivity contribution < 1.29 is 27.2 Å². The van der Waals surface area contributed by atoms with Crippen LogP contribution in [0.25, 0.3) is 33.2 Å². The average Bonchev–Trinajstić information content (AvgIpc) is 3.21. The summed E-state index contributed by atoms with van der Waals surface area (Å²) in [5.74, 6) is -2.53. The highest BCUT2D eigenvalue weighted by Crippen LogP contribution is 2.42. The number of aromatic nitrogens is 2. The summed E-state index contributed by atoms with van der Waals surface area (Å²) in [5.41, 5.74) is 0.162. The van der Waals surface area contributed by atoms with Gasteiger partial charge >= 0.3 is 6.18 Å². The molecule has 5 nitrogen and oxygen atoms in total. The molecule has 3 aromatic carbocycles. The number of nitrogens with one attached hydrogen (secondary N) is 3. The number of H-pyrrole nitrogens is 1. The minimum absolute atomic E-state index is 0.0996. The van der Waals surface area contributed by atoms with E-state index in [1.54, 1.807) is 6.07 Å². The molecule has 0 radical (unpaired) electrons. The molecule has 10 heteroatoms. The van der Waals surface area contributed by atoms with E-state index in [1.165, 1.54) is 23.8 Å². The molecule has 0 aliphatic rings. The Hall–Kier alpha value is -3.79. The number of nitrogens with zero attached hydrogens (tertiary/aromatic N) is 1. The lowest BCUT2D eigenvalue weighted by Crippen LogP contribution is -2.21. The minimum atomic E-state index is -4.79. The molecule has 0 saturated carbocycles. The third kappa shape index (κ3) is 3.73. The number of halogens is 5. The zero-order valence-corrected chi connectivity index (χ0v) is 15.5. The summed E-state index contributed by atoms with van der Waals surface area (Å²) >= 11 is 0. The maximum atomic E-state index is 14.7. The van der Waals surface area contributed by atoms with Crippen LogP contribution in [0.1, 0.15) is 11.1 Å². The van der Waals surface area contributed by atoms with Gasteiger partial charge in [-0.15, -0.1) is 0 Å². The van der Waals surface area contributed by atoms with Gasteiger partial charge in [-0.05, 0) is 53.6 Å². The van der Waals surface area contributed by atoms with Crippen molar-refractivity contribution in [2.24, 2.45) is 0 Å². The summed E-state index contributed by atoms with van der Waals surface area (Å²) in [5, 5.41) is 24.3. The lowest BCUT2D eigenvalue weighted by atomic mass is 9.87. The van der Waals surface area contributed by atoms with Gasteiger partial charge in [0.25, 0.3) is 0 Å². The normalized spacial score (nSPS) is 11.7. The molecule has 0 atom stereocenters. The predicted molar refractivity (Wildman–Crippen MR) is 104 cm³/mol. The summed E-state index contributed by atoms with van der Waals surface area (Å²) < 4.78 is 69.4. The molecule has 158 valence electrons. The van der Waals surface area contributed by atoms with Crippen LogP contribution < -0.4 is 5.48 Å². The van der Waals surface area contributed by atoms with E-state index in [-0.39, 0.29) is 22.3 Å². The van der Waals surface area contributed by atoms with E-state index in [4.69, 9.17) is 5.41 Å². The molecule has 1 aromatic heterocycles. The molecule has 4 rings (SSSR count). The van der Waals surface area contributed by atoms with Crippen molar-refractivity contribution in [3.63, 3.8) is 0 Å². The van der Waals surface area contributed by atoms with Gasteiger partial charge in [0, 0.05) is 22.1 Å². The van der Waals surface area contributed by atoms with Crippen molar-refractivity contribution in [2.75, 3.05) is 0 Å². The first-order valence-corrected chi connectivity index (χ1v) is 8.82. The summed E-state index contributed by atoms with van der Waals surface area (Å²) in [6.07, 6.45) is -3.33. The smallest absolute Gasteiger partial charge is 0.290 e. The number of hydrogen-bond acceptors (Lipinski definition) is 3. The third-order valence-corrected chi connectivity index (χ3v) is 4.80. The van der Waals surface area contributed by atoms with Crippen molar-refractivity contribution in [3.8, 4) is 22.3 Å². The molecule has 4 N–H and O–H groups in total. The highest BCUT2D eigenvalue weighted by molar-refractivity contribution is 6.06. The first-order chi connectivity index (χ1) is 14.7. The van der Waals surface area contributed by atoms with Gasteiger partial charge in [-0.2, -0.15) is 18.3 Å². The molecule has 0 saturated heterocycles. The fourth-order valence-corrected chi connectivity index (χ4v) is 3.38. The number of benzene rings is 3. The van der Waals surface area contributed by atoms with Crippen LogP contribution in [0.5, 0.6) is 0 Å². The van der Waals surface area contributed by atoms with Gasteiger partial charge in [-0.25, -0.2) is 8.78 Å². The maximum absolute atomic E-state index is 14.7. The van der Waals surface area contributed by atoms with Crippen LogP contribution in [-0.2, 0) is 6.18 Å². The number of aromatic amines is 1. The molecule has 0 fully saturated rings. The van der Waals surface area contributed by atoms with E-state index in [1.807, 2.05) is 0 Å². The van der Waals surface area contributed by atoms with Crippen molar-refractivity contribution >= 4 is 16.7 Å². The van der Waals surface area contributed by atoms with Gasteiger partial charge in [-0.3, -0.25) is 21.2 Å². The Morgan fingerprint density at radius 3 is 2.48 bits per heavy atom. The molecule has 0 unspecified atom stereocenters. The van der Waals surface area contributed by atoms with Gasteiger partial charge in [0.05, 0.1) is 17.3 Å². The van der Waals surface area contributed by atoms with Crippen molar-refractivity contribution in [2.45, 2.75) is 6.18 Å². The van der Waals surface area contributed by atoms with Crippen LogP contribution in [0.4, 0.5) is 22.0 Å². The molecular formula is C21H13F5N4O. The lowest BCUT2D eigenvalue weighted by Gasteiger charge is -2.20. The molecule has 1 heterocycles. The topological polar surface area (TPSA) is 84.8 Å². The molecule has 0 bridgehead atoms. The summed E-state index contributed by atoms with van der Waals surface area (Å²) in [6.45, 7) is 0. The Morgan fingerprint density at radius 1 is 1.00 bits per heavy atom. The number of hydrogen-bond donors (Lipinski definition) is 4. The Balaban J connectivity index is 2.13. The quantitative estimate of drug-likeness (QED) is 0.149. The van der Waals surface area contributed by atoms with Crippen LogP contribution in [0, 0.1) is 17.0 Å². The highest BCUT2D eigenvalue weighted by atomic mass is 19.4. The first kappa shape index (κ1) is 20.5. The van der Waals surface area contributed by atoms with E-state index in [9.17, 15) is 27.2 Å². The van der Waals surface area contributed by atoms with E-state index in [0.717, 1.165) is 24.3 Å². The molecule has 31 heavy (non-hydrogen) atoms. The monoisotopic (exact) mass is 432 g/mol. The van der Waals surface area contributed by atoms with Gasteiger partial charge in [0.1, 0.15) is 17.5 Å². The molecule has 0 spiro atoms. The summed E-state index contributed by atoms with van der Waals surface area (Å²) in [6, 6.07) is 8.55. The molecular weight excluding hydrogens is 419 g/mol. The zero-order valence-electron chi connectivity index (χ0n) is 15.5. The second-order valence-corrected chi connectivity index (χ2v) is 6.73. The number of amidine groups is 1. The second-order valence-electron chi connectivity index (χ2n) is 6.73. The van der Waals surface area contributed by atoms with Crippen LogP contribution in [0.2, 0.25) is 0 Å². The van der Waals surface area contributed by atoms with Crippen LogP contribution in [0.3, 0.4) is 0 Å². The van der Waals surface area contributed by atoms with Crippen molar-refractivity contribution in [1.82, 2.24) is 15.7 Å². The Morgan fingerprint density at radius 2 is 1.77 bits per heavy atom. The van der Waals surface area contributed by atoms with Gasteiger partial charge in [0.15, 0.2) is 0 Å². The predicted octanol–water partition coefficient (Wildman–Crippen LogP) is 5.50. The summed E-state index contributed by atoms with van der Waals surface area (Å²) in [4.78, 5) is 0. The Kier molecular flexibility index (Phi) is 4.94. The van der Waals surface area contributed by atoms with Crippen LogP contribution >= 0.6 is 0 Å². The van der Waals surface area contributed by atoms with Crippen molar-refractivity contribution in [1.29, 1.82) is 5.41 Å². The van der Waals surface area contributed by atoms with Crippen LogP contribution in [-0.4, -0.2) is 21.2 Å². The van der Waals surface area contributed by atoms with Crippen molar-refractivity contribution in [3.05, 3.63) is 77.5 Å². The number of fused-ring (bicyclic) bond motifs is 1. The molecule has 0 aliphatic carbocycles. The molecule has 0 amide bonds. The Labute approximate surface area is 171 Å². The zero-order chi connectivity index (χ0) is 22.3. The highest BCUT2D eigenvalue weighted by Gasteiger charge is 2.33. The fourth-order valence-electron chi connectivity index (χ4n) is 3.38. The lowest BCUT2D eigenvalue weighted by molar-refractivity contribution is -0.137. The standard InChI is InChI=1S/C21H13F5N4O/c22-13-2-3-17(23)15(8-13)19-14(10-1-4-18-11(5-10)9-28-29-18)6-12(21(24,25)26)7-16(19)20(27)30-31/h1-9,31H,(H2,27,30)(H,28,29). The second kappa shape index (κ2) is 7.47. The first-order valence-electron chi connectivity index (χ1n) is 8.82. The Bertz CT molecular complexity index is 1310. The summed E-state index contributed by atoms with van der Waals surface area (Å²) in [7, 11) is 0. The van der Waals surface area contributed by atoms with E-state index >= 15 is 0 Å². The number of alkyl halides is 3. The largest absolute Gasteiger partial charge is 0.416 e. The SMILES string of the molecule is N=C(NO)c1cc(C(F)(F)F)cc(-c2ccc3[nH]ncc3c2)c1-c1cc(F)ccc1F. The average molecular weight is 432 g/mol. The van der Waals surface area contributed by atoms with E-state index < -0.39 is 34.8 Å². The number of rotatable bonds is 3. The third-order valence-electron chi connectivity index (χ3n) is 4.80. The van der Waals surface area contributed by atoms with Crippen LogP contribution in [0.15, 0.2) is 54.7 Å².